The molecule has 1 aromatic heterocycles. The summed E-state index contributed by atoms with van der Waals surface area (Å²) in [6, 6.07) is -0.525. The van der Waals surface area contributed by atoms with E-state index in [1.54, 1.807) is 0 Å². The molecule has 5 heteroatoms. The van der Waals surface area contributed by atoms with Crippen LogP contribution in [0.25, 0.3) is 0 Å². The van der Waals surface area contributed by atoms with Gasteiger partial charge in [0.1, 0.15) is 5.82 Å². The van der Waals surface area contributed by atoms with Gasteiger partial charge in [-0.25, -0.2) is 4.79 Å². The monoisotopic (exact) mass is 194 g/mol. The van der Waals surface area contributed by atoms with Crippen molar-refractivity contribution in [3.05, 3.63) is 11.3 Å². The van der Waals surface area contributed by atoms with E-state index in [0.29, 0.717) is 5.92 Å². The number of fused-ring (bicyclic) bond motifs is 1. The van der Waals surface area contributed by atoms with Crippen LogP contribution in [-0.2, 0) is 6.42 Å². The maximum atomic E-state index is 11.1. The van der Waals surface area contributed by atoms with E-state index in [4.69, 9.17) is 5.73 Å². The molecule has 3 N–H and O–H groups in total. The molecular weight excluding hydrogens is 180 g/mol. The normalized spacial score (nSPS) is 14.2. The summed E-state index contributed by atoms with van der Waals surface area (Å²) in [6.07, 6.45) is 0.927. The van der Waals surface area contributed by atoms with Crippen LogP contribution in [0.3, 0.4) is 0 Å². The Balaban J connectivity index is 2.55. The van der Waals surface area contributed by atoms with E-state index in [9.17, 15) is 4.79 Å². The Morgan fingerprint density at radius 2 is 2.36 bits per heavy atom. The van der Waals surface area contributed by atoms with Gasteiger partial charge in [0.25, 0.3) is 0 Å². The first kappa shape index (κ1) is 9.05. The Kier molecular flexibility index (Phi) is 1.94. The van der Waals surface area contributed by atoms with E-state index < -0.39 is 6.03 Å². The Morgan fingerprint density at radius 3 is 2.93 bits per heavy atom. The maximum absolute atomic E-state index is 11.1. The van der Waals surface area contributed by atoms with Crippen LogP contribution in [0, 0.1) is 0 Å². The van der Waals surface area contributed by atoms with Crippen LogP contribution < -0.4 is 11.1 Å². The third kappa shape index (κ3) is 1.16. The highest BCUT2D eigenvalue weighted by Crippen LogP contribution is 2.29. The smallest absolute Gasteiger partial charge is 0.341 e. The summed E-state index contributed by atoms with van der Waals surface area (Å²) >= 11 is 0. The standard InChI is InChI=1S/C9H14N4O/c1-5(2)7-6-3-4-11-8(6)13(12-7)9(10)14/h5,11H,3-4H2,1-2H3,(H2,10,14). The molecule has 2 rings (SSSR count). The first-order valence-corrected chi connectivity index (χ1v) is 4.76. The van der Waals surface area contributed by atoms with Gasteiger partial charge in [0, 0.05) is 12.1 Å². The van der Waals surface area contributed by atoms with Gasteiger partial charge in [-0.2, -0.15) is 9.78 Å². The molecule has 1 aliphatic rings. The molecule has 0 aromatic carbocycles. The molecule has 0 fully saturated rings. The van der Waals surface area contributed by atoms with E-state index in [-0.39, 0.29) is 0 Å². The average Bonchev–Trinajstić information content (AvgIpc) is 2.59. The lowest BCUT2D eigenvalue weighted by atomic mass is 10.1. The van der Waals surface area contributed by atoms with Gasteiger partial charge in [-0.15, -0.1) is 0 Å². The second-order valence-corrected chi connectivity index (χ2v) is 3.79. The Morgan fingerprint density at radius 1 is 1.64 bits per heavy atom. The molecule has 5 nitrogen and oxygen atoms in total. The second-order valence-electron chi connectivity index (χ2n) is 3.79. The molecular formula is C9H14N4O. The van der Waals surface area contributed by atoms with Gasteiger partial charge in [-0.05, 0) is 12.3 Å². The predicted molar refractivity (Wildman–Crippen MR) is 53.5 cm³/mol. The molecule has 0 radical (unpaired) electrons. The van der Waals surface area contributed by atoms with E-state index in [1.807, 2.05) is 0 Å². The summed E-state index contributed by atoms with van der Waals surface area (Å²) in [7, 11) is 0. The van der Waals surface area contributed by atoms with Crippen LogP contribution in [-0.4, -0.2) is 22.4 Å². The van der Waals surface area contributed by atoms with Crippen molar-refractivity contribution >= 4 is 11.8 Å². The van der Waals surface area contributed by atoms with Crippen molar-refractivity contribution < 1.29 is 4.79 Å². The van der Waals surface area contributed by atoms with Crippen molar-refractivity contribution in [2.45, 2.75) is 26.2 Å². The number of carbonyl (C=O) groups excluding carboxylic acids is 1. The molecule has 1 aromatic rings. The van der Waals surface area contributed by atoms with Gasteiger partial charge in [-0.3, -0.25) is 0 Å². The van der Waals surface area contributed by atoms with Crippen molar-refractivity contribution in [3.8, 4) is 0 Å². The number of hydrogen-bond donors (Lipinski definition) is 2. The minimum atomic E-state index is -0.525. The summed E-state index contributed by atoms with van der Waals surface area (Å²) in [6.45, 7) is 4.98. The molecule has 0 unspecified atom stereocenters. The molecule has 0 spiro atoms. The quantitative estimate of drug-likeness (QED) is 0.697. The first-order valence-electron chi connectivity index (χ1n) is 4.76. The number of nitrogens with two attached hydrogens (primary N) is 1. The zero-order chi connectivity index (χ0) is 10.3. The van der Waals surface area contributed by atoms with Crippen LogP contribution in [0.2, 0.25) is 0 Å². The Labute approximate surface area is 82.3 Å². The topological polar surface area (TPSA) is 72.9 Å². The van der Waals surface area contributed by atoms with Gasteiger partial charge in [0.15, 0.2) is 0 Å². The number of aromatic nitrogens is 2. The number of amides is 1. The second kappa shape index (κ2) is 3.01. The Bertz CT molecular complexity index is 380. The number of carbonyl (C=O) groups is 1. The number of primary amides is 1. The van der Waals surface area contributed by atoms with Crippen molar-refractivity contribution in [3.63, 3.8) is 0 Å². The molecule has 2 heterocycles. The van der Waals surface area contributed by atoms with Crippen molar-refractivity contribution in [1.29, 1.82) is 0 Å². The van der Waals surface area contributed by atoms with E-state index in [2.05, 4.69) is 24.3 Å². The van der Waals surface area contributed by atoms with Crippen LogP contribution in [0.1, 0.15) is 31.0 Å². The largest absolute Gasteiger partial charge is 0.369 e. The maximum Gasteiger partial charge on any atom is 0.341 e. The van der Waals surface area contributed by atoms with Crippen LogP contribution in [0.5, 0.6) is 0 Å². The summed E-state index contributed by atoms with van der Waals surface area (Å²) in [5.41, 5.74) is 7.34. The van der Waals surface area contributed by atoms with Gasteiger partial charge < -0.3 is 11.1 Å². The minimum absolute atomic E-state index is 0.323. The molecule has 0 saturated heterocycles. The summed E-state index contributed by atoms with van der Waals surface area (Å²) in [4.78, 5) is 11.1. The zero-order valence-corrected chi connectivity index (χ0v) is 8.37. The number of anilines is 1. The fraction of sp³-hybridized carbons (Fsp3) is 0.556. The molecule has 14 heavy (non-hydrogen) atoms. The number of rotatable bonds is 1. The van der Waals surface area contributed by atoms with Crippen molar-refractivity contribution in [2.75, 3.05) is 11.9 Å². The molecule has 1 amide bonds. The predicted octanol–water partition coefficient (Wildman–Crippen LogP) is 0.901. The lowest BCUT2D eigenvalue weighted by molar-refractivity contribution is 0.248. The average molecular weight is 194 g/mol. The van der Waals surface area contributed by atoms with Crippen LogP contribution in [0.15, 0.2) is 0 Å². The highest BCUT2D eigenvalue weighted by Gasteiger charge is 2.25. The lowest BCUT2D eigenvalue weighted by Gasteiger charge is -2.01. The third-order valence-electron chi connectivity index (χ3n) is 2.44. The van der Waals surface area contributed by atoms with Gasteiger partial charge in [0.2, 0.25) is 0 Å². The number of hydrogen-bond acceptors (Lipinski definition) is 3. The molecule has 0 atom stereocenters. The van der Waals surface area contributed by atoms with E-state index in [1.165, 1.54) is 4.68 Å². The summed E-state index contributed by atoms with van der Waals surface area (Å²) in [5, 5.41) is 7.34. The number of nitrogens with zero attached hydrogens (tertiary/aromatic N) is 2. The van der Waals surface area contributed by atoms with E-state index >= 15 is 0 Å². The van der Waals surface area contributed by atoms with Gasteiger partial charge >= 0.3 is 6.03 Å². The van der Waals surface area contributed by atoms with Gasteiger partial charge in [0.05, 0.1) is 5.69 Å². The molecule has 76 valence electrons. The van der Waals surface area contributed by atoms with Crippen LogP contribution in [0.4, 0.5) is 10.6 Å². The molecule has 0 aliphatic carbocycles. The Hall–Kier alpha value is -1.52. The SMILES string of the molecule is CC(C)c1nn(C(N)=O)c2c1CCN2. The highest BCUT2D eigenvalue weighted by atomic mass is 16.2. The fourth-order valence-corrected chi connectivity index (χ4v) is 1.82. The minimum Gasteiger partial charge on any atom is -0.369 e. The lowest BCUT2D eigenvalue weighted by Crippen LogP contribution is -2.22. The van der Waals surface area contributed by atoms with E-state index in [0.717, 1.165) is 30.0 Å². The number of nitrogens with one attached hydrogen (secondary N) is 1. The fourth-order valence-electron chi connectivity index (χ4n) is 1.82. The summed E-state index contributed by atoms with van der Waals surface area (Å²) in [5.74, 6) is 1.10. The van der Waals surface area contributed by atoms with Crippen LogP contribution >= 0.6 is 0 Å². The molecule has 0 saturated carbocycles. The van der Waals surface area contributed by atoms with Crippen molar-refractivity contribution in [2.24, 2.45) is 5.73 Å². The third-order valence-corrected chi connectivity index (χ3v) is 2.44. The van der Waals surface area contributed by atoms with Gasteiger partial charge in [-0.1, -0.05) is 13.8 Å². The zero-order valence-electron chi connectivity index (χ0n) is 8.37. The molecule has 1 aliphatic heterocycles. The molecule has 0 bridgehead atoms. The highest BCUT2D eigenvalue weighted by molar-refractivity contribution is 5.79. The van der Waals surface area contributed by atoms with Crippen molar-refractivity contribution in [1.82, 2.24) is 9.78 Å². The summed E-state index contributed by atoms with van der Waals surface area (Å²) < 4.78 is 1.26. The first-order chi connectivity index (χ1) is 6.61.